The van der Waals surface area contributed by atoms with Crippen LogP contribution in [0.3, 0.4) is 0 Å². The number of carbonyl (C=O) groups is 1. The van der Waals surface area contributed by atoms with Crippen molar-refractivity contribution < 1.29 is 9.90 Å². The van der Waals surface area contributed by atoms with Crippen molar-refractivity contribution in [1.82, 2.24) is 19.7 Å². The molecule has 1 aromatic heterocycles. The largest absolute Gasteiger partial charge is 0.480 e. The smallest absolute Gasteiger partial charge is 0.320 e. The second-order valence-corrected chi connectivity index (χ2v) is 3.95. The molecule has 0 spiro atoms. The van der Waals surface area contributed by atoms with Crippen LogP contribution in [0.4, 0.5) is 0 Å². The summed E-state index contributed by atoms with van der Waals surface area (Å²) in [6, 6.07) is -0.778. The molecule has 1 aromatic rings. The van der Waals surface area contributed by atoms with E-state index in [9.17, 15) is 4.79 Å². The first-order chi connectivity index (χ1) is 7.66. The minimum Gasteiger partial charge on any atom is -0.480 e. The lowest BCUT2D eigenvalue weighted by molar-refractivity contribution is -0.138. The molecular weight excluding hydrogens is 210 g/mol. The van der Waals surface area contributed by atoms with Gasteiger partial charge in [0, 0.05) is 19.6 Å². The fourth-order valence-corrected chi connectivity index (χ4v) is 1.75. The molecule has 0 bridgehead atoms. The van der Waals surface area contributed by atoms with Gasteiger partial charge in [0.05, 0.1) is 6.54 Å². The van der Waals surface area contributed by atoms with Gasteiger partial charge in [-0.2, -0.15) is 0 Å². The molecule has 0 saturated carbocycles. The molecule has 1 aliphatic heterocycles. The van der Waals surface area contributed by atoms with Gasteiger partial charge in [-0.1, -0.05) is 0 Å². The summed E-state index contributed by atoms with van der Waals surface area (Å²) in [6.45, 7) is 3.13. The molecule has 2 heterocycles. The Labute approximate surface area is 92.9 Å². The first-order valence-electron chi connectivity index (χ1n) is 5.24. The van der Waals surface area contributed by atoms with E-state index in [1.165, 1.54) is 0 Å². The van der Waals surface area contributed by atoms with Crippen LogP contribution < -0.4 is 5.73 Å². The van der Waals surface area contributed by atoms with E-state index in [2.05, 4.69) is 15.1 Å². The Morgan fingerprint density at radius 3 is 3.19 bits per heavy atom. The number of aliphatic carboxylic acids is 1. The molecule has 1 aliphatic rings. The van der Waals surface area contributed by atoms with Gasteiger partial charge in [-0.25, -0.2) is 0 Å². The molecule has 3 N–H and O–H groups in total. The summed E-state index contributed by atoms with van der Waals surface area (Å²) in [6.07, 6.45) is 2.18. The maximum Gasteiger partial charge on any atom is 0.320 e. The normalized spacial score (nSPS) is 18.1. The molecule has 88 valence electrons. The van der Waals surface area contributed by atoms with Crippen molar-refractivity contribution in [3.05, 3.63) is 12.2 Å². The average Bonchev–Trinajstić information content (AvgIpc) is 2.72. The van der Waals surface area contributed by atoms with E-state index < -0.39 is 12.0 Å². The maximum atomic E-state index is 10.6. The van der Waals surface area contributed by atoms with Crippen molar-refractivity contribution >= 4 is 5.97 Å². The van der Waals surface area contributed by atoms with Gasteiger partial charge in [0.25, 0.3) is 0 Å². The summed E-state index contributed by atoms with van der Waals surface area (Å²) in [7, 11) is 0. The zero-order chi connectivity index (χ0) is 11.5. The summed E-state index contributed by atoms with van der Waals surface area (Å²) >= 11 is 0. The molecule has 0 aromatic carbocycles. The van der Waals surface area contributed by atoms with E-state index in [4.69, 9.17) is 10.8 Å². The number of hydrogen-bond acceptors (Lipinski definition) is 5. The molecule has 2 rings (SSSR count). The lowest BCUT2D eigenvalue weighted by Crippen LogP contribution is -2.39. The Morgan fingerprint density at radius 2 is 2.44 bits per heavy atom. The van der Waals surface area contributed by atoms with E-state index in [1.807, 2.05) is 4.57 Å². The molecule has 0 radical (unpaired) electrons. The maximum absolute atomic E-state index is 10.6. The number of nitrogens with two attached hydrogens (primary N) is 1. The van der Waals surface area contributed by atoms with Crippen LogP contribution in [0.1, 0.15) is 12.2 Å². The van der Waals surface area contributed by atoms with Crippen molar-refractivity contribution in [2.45, 2.75) is 25.6 Å². The van der Waals surface area contributed by atoms with E-state index in [0.29, 0.717) is 19.5 Å². The van der Waals surface area contributed by atoms with Gasteiger partial charge in [0.15, 0.2) is 0 Å². The van der Waals surface area contributed by atoms with Gasteiger partial charge in [-0.05, 0) is 6.42 Å². The van der Waals surface area contributed by atoms with E-state index in [1.54, 1.807) is 6.33 Å². The standard InChI is InChI=1S/C9H15N5O2/c10-7(9(15)16)1-2-13-3-4-14-6-11-12-8(14)5-13/h6-7H,1-5,10H2,(H,15,16). The first-order valence-corrected chi connectivity index (χ1v) is 5.24. The molecular formula is C9H15N5O2. The Hall–Kier alpha value is -1.47. The van der Waals surface area contributed by atoms with Crippen molar-refractivity contribution in [2.75, 3.05) is 13.1 Å². The quantitative estimate of drug-likeness (QED) is 0.674. The van der Waals surface area contributed by atoms with E-state index in [0.717, 1.165) is 18.9 Å². The van der Waals surface area contributed by atoms with Gasteiger partial charge >= 0.3 is 5.97 Å². The number of nitrogens with zero attached hydrogens (tertiary/aromatic N) is 4. The molecule has 7 nitrogen and oxygen atoms in total. The summed E-state index contributed by atoms with van der Waals surface area (Å²) in [5.74, 6) is -0.0182. The van der Waals surface area contributed by atoms with Crippen LogP contribution in [0.25, 0.3) is 0 Å². The average molecular weight is 225 g/mol. The number of hydrogen-bond donors (Lipinski definition) is 2. The van der Waals surface area contributed by atoms with Gasteiger partial charge in [-0.15, -0.1) is 10.2 Å². The first kappa shape index (κ1) is 11.0. The van der Waals surface area contributed by atoms with Gasteiger partial charge in [0.2, 0.25) is 0 Å². The van der Waals surface area contributed by atoms with Crippen LogP contribution in [-0.4, -0.2) is 49.9 Å². The third-order valence-corrected chi connectivity index (χ3v) is 2.79. The predicted molar refractivity (Wildman–Crippen MR) is 55.5 cm³/mol. The van der Waals surface area contributed by atoms with Crippen LogP contribution in [0, 0.1) is 0 Å². The molecule has 1 unspecified atom stereocenters. The van der Waals surface area contributed by atoms with E-state index in [-0.39, 0.29) is 0 Å². The molecule has 0 amide bonds. The minimum atomic E-state index is -0.944. The molecule has 1 atom stereocenters. The monoisotopic (exact) mass is 225 g/mol. The van der Waals surface area contributed by atoms with Crippen LogP contribution >= 0.6 is 0 Å². The Morgan fingerprint density at radius 1 is 1.62 bits per heavy atom. The zero-order valence-electron chi connectivity index (χ0n) is 8.91. The number of carboxylic acid groups (broad SMARTS) is 1. The van der Waals surface area contributed by atoms with Crippen LogP contribution in [0.15, 0.2) is 6.33 Å². The summed E-state index contributed by atoms with van der Waals surface area (Å²) in [5, 5.41) is 16.5. The third kappa shape index (κ3) is 2.37. The Kier molecular flexibility index (Phi) is 3.16. The number of fused-ring (bicyclic) bond motifs is 1. The second kappa shape index (κ2) is 4.58. The fourth-order valence-electron chi connectivity index (χ4n) is 1.75. The van der Waals surface area contributed by atoms with Gasteiger partial charge < -0.3 is 15.4 Å². The summed E-state index contributed by atoms with van der Waals surface area (Å²) < 4.78 is 2.01. The third-order valence-electron chi connectivity index (χ3n) is 2.79. The number of rotatable bonds is 4. The molecule has 0 aliphatic carbocycles. The highest BCUT2D eigenvalue weighted by molar-refractivity contribution is 5.72. The van der Waals surface area contributed by atoms with Crippen LogP contribution in [0.2, 0.25) is 0 Å². The second-order valence-electron chi connectivity index (χ2n) is 3.95. The summed E-state index contributed by atoms with van der Waals surface area (Å²) in [4.78, 5) is 12.7. The van der Waals surface area contributed by atoms with Gasteiger partial charge in [-0.3, -0.25) is 9.69 Å². The zero-order valence-corrected chi connectivity index (χ0v) is 8.91. The summed E-state index contributed by atoms with van der Waals surface area (Å²) in [5.41, 5.74) is 5.45. The molecule has 7 heteroatoms. The minimum absolute atomic E-state index is 0.462. The van der Waals surface area contributed by atoms with E-state index >= 15 is 0 Å². The fraction of sp³-hybridized carbons (Fsp3) is 0.667. The highest BCUT2D eigenvalue weighted by Crippen LogP contribution is 2.09. The van der Waals surface area contributed by atoms with Crippen LogP contribution in [0.5, 0.6) is 0 Å². The Balaban J connectivity index is 1.83. The van der Waals surface area contributed by atoms with Crippen molar-refractivity contribution in [3.63, 3.8) is 0 Å². The lowest BCUT2D eigenvalue weighted by atomic mass is 10.2. The van der Waals surface area contributed by atoms with Crippen molar-refractivity contribution in [1.29, 1.82) is 0 Å². The van der Waals surface area contributed by atoms with Crippen molar-refractivity contribution in [2.24, 2.45) is 5.73 Å². The highest BCUT2D eigenvalue weighted by Gasteiger charge is 2.19. The Bertz CT molecular complexity index is 378. The SMILES string of the molecule is NC(CCN1CCn2cnnc2C1)C(=O)O. The molecule has 0 saturated heterocycles. The molecule has 16 heavy (non-hydrogen) atoms. The van der Waals surface area contributed by atoms with Gasteiger partial charge in [0.1, 0.15) is 18.2 Å². The molecule has 0 fully saturated rings. The van der Waals surface area contributed by atoms with Crippen LogP contribution in [-0.2, 0) is 17.9 Å². The topological polar surface area (TPSA) is 97.3 Å². The lowest BCUT2D eigenvalue weighted by Gasteiger charge is -2.27. The highest BCUT2D eigenvalue weighted by atomic mass is 16.4. The van der Waals surface area contributed by atoms with Crippen molar-refractivity contribution in [3.8, 4) is 0 Å². The number of aromatic nitrogens is 3. The number of carboxylic acids is 1. The predicted octanol–water partition coefficient (Wildman–Crippen LogP) is -1.10.